The summed E-state index contributed by atoms with van der Waals surface area (Å²) in [5.41, 5.74) is 0. The Kier molecular flexibility index (Phi) is 6.35. The molecule has 0 bridgehead atoms. The maximum Gasteiger partial charge on any atom is 0.261 e. The molecule has 0 radical (unpaired) electrons. The lowest BCUT2D eigenvalue weighted by Gasteiger charge is -2.43. The molecule has 1 atom stereocenters. The Labute approximate surface area is 146 Å². The number of aliphatic hydroxyl groups is 1. The molecule has 2 N–H and O–H groups in total. The summed E-state index contributed by atoms with van der Waals surface area (Å²) in [6, 6.07) is 21.3. The average molecular weight is 344 g/mol. The van der Waals surface area contributed by atoms with Gasteiger partial charge in [0.25, 0.3) is 8.32 Å². The lowest BCUT2D eigenvalue weighted by Crippen LogP contribution is -2.67. The van der Waals surface area contributed by atoms with Crippen LogP contribution in [0.15, 0.2) is 60.7 Å². The molecule has 130 valence electrons. The Balaban J connectivity index is 2.53. The molecule has 2 rings (SSSR count). The molecule has 4 heteroatoms. The molecule has 1 unspecified atom stereocenters. The van der Waals surface area contributed by atoms with Gasteiger partial charge < -0.3 is 9.53 Å². The summed E-state index contributed by atoms with van der Waals surface area (Å²) in [6.45, 7) is 9.36. The maximum absolute atomic E-state index is 9.10. The lowest BCUT2D eigenvalue weighted by molar-refractivity contribution is 0.201. The molecule has 0 heterocycles. The van der Waals surface area contributed by atoms with Crippen LogP contribution in [-0.4, -0.2) is 32.8 Å². The van der Waals surface area contributed by atoms with Crippen LogP contribution < -0.4 is 15.7 Å². The van der Waals surface area contributed by atoms with Gasteiger partial charge in [0.15, 0.2) is 0 Å². The molecule has 0 spiro atoms. The highest BCUT2D eigenvalue weighted by Gasteiger charge is 2.50. The van der Waals surface area contributed by atoms with Crippen molar-refractivity contribution < 1.29 is 9.53 Å². The number of hydrogen-bond acceptors (Lipinski definition) is 3. The van der Waals surface area contributed by atoms with Crippen molar-refractivity contribution >= 4 is 18.7 Å². The second-order valence-electron chi connectivity index (χ2n) is 7.24. The van der Waals surface area contributed by atoms with Crippen molar-refractivity contribution in [1.29, 1.82) is 0 Å². The molecular formula is C20H29NO2Si. The summed E-state index contributed by atoms with van der Waals surface area (Å²) in [7, 11) is -2.46. The molecule has 0 saturated carbocycles. The first-order valence-electron chi connectivity index (χ1n) is 8.51. The van der Waals surface area contributed by atoms with E-state index in [1.165, 1.54) is 10.4 Å². The highest BCUT2D eigenvalue weighted by atomic mass is 28.4. The summed E-state index contributed by atoms with van der Waals surface area (Å²) >= 11 is 0. The highest BCUT2D eigenvalue weighted by molar-refractivity contribution is 6.99. The Hall–Kier alpha value is -1.46. The minimum absolute atomic E-state index is 0.0192. The number of benzene rings is 2. The van der Waals surface area contributed by atoms with Crippen LogP contribution in [0.3, 0.4) is 0 Å². The SMILES string of the molecule is CC(CO[Si](c1ccccc1)(c1ccccc1)C(C)(C)C)NCO. The minimum atomic E-state index is -2.46. The van der Waals surface area contributed by atoms with Crippen LogP contribution in [0, 0.1) is 0 Å². The molecule has 0 aliphatic carbocycles. The van der Waals surface area contributed by atoms with Gasteiger partial charge in [0, 0.05) is 12.6 Å². The molecule has 2 aromatic rings. The second kappa shape index (κ2) is 8.08. The third-order valence-electron chi connectivity index (χ3n) is 4.41. The zero-order chi connectivity index (χ0) is 17.6. The van der Waals surface area contributed by atoms with E-state index in [1.54, 1.807) is 0 Å². The molecule has 0 aliphatic heterocycles. The van der Waals surface area contributed by atoms with Gasteiger partial charge in [0.1, 0.15) is 0 Å². The van der Waals surface area contributed by atoms with Gasteiger partial charge in [-0.05, 0) is 22.3 Å². The largest absolute Gasteiger partial charge is 0.406 e. The molecule has 0 aromatic heterocycles. The molecule has 0 aliphatic rings. The molecule has 24 heavy (non-hydrogen) atoms. The first kappa shape index (κ1) is 18.9. The monoisotopic (exact) mass is 343 g/mol. The summed E-state index contributed by atoms with van der Waals surface area (Å²) in [6.07, 6.45) is 0. The van der Waals surface area contributed by atoms with Gasteiger partial charge in [-0.25, -0.2) is 0 Å². The highest BCUT2D eigenvalue weighted by Crippen LogP contribution is 2.36. The van der Waals surface area contributed by atoms with E-state index < -0.39 is 8.32 Å². The fourth-order valence-corrected chi connectivity index (χ4v) is 7.88. The predicted octanol–water partition coefficient (Wildman–Crippen LogP) is 2.49. The number of nitrogens with one attached hydrogen (secondary N) is 1. The fourth-order valence-electron chi connectivity index (χ4n) is 3.23. The van der Waals surface area contributed by atoms with Crippen LogP contribution in [0.5, 0.6) is 0 Å². The Morgan fingerprint density at radius 3 is 1.79 bits per heavy atom. The molecule has 0 saturated heterocycles. The Bertz CT molecular complexity index is 571. The van der Waals surface area contributed by atoms with E-state index in [0.717, 1.165) is 0 Å². The zero-order valence-electron chi connectivity index (χ0n) is 15.1. The van der Waals surface area contributed by atoms with Gasteiger partial charge in [0.2, 0.25) is 0 Å². The summed E-state index contributed by atoms with van der Waals surface area (Å²) in [4.78, 5) is 0. The van der Waals surface area contributed by atoms with Gasteiger partial charge >= 0.3 is 0 Å². The minimum Gasteiger partial charge on any atom is -0.406 e. The Morgan fingerprint density at radius 2 is 1.42 bits per heavy atom. The van der Waals surface area contributed by atoms with Gasteiger partial charge in [-0.15, -0.1) is 0 Å². The van der Waals surface area contributed by atoms with Crippen LogP contribution in [0.25, 0.3) is 0 Å². The van der Waals surface area contributed by atoms with Crippen molar-refractivity contribution in [2.24, 2.45) is 0 Å². The van der Waals surface area contributed by atoms with E-state index in [0.29, 0.717) is 6.61 Å². The van der Waals surface area contributed by atoms with Crippen LogP contribution in [0.2, 0.25) is 5.04 Å². The third kappa shape index (κ3) is 3.95. The van der Waals surface area contributed by atoms with Crippen LogP contribution in [0.1, 0.15) is 27.7 Å². The zero-order valence-corrected chi connectivity index (χ0v) is 16.1. The molecular weight excluding hydrogens is 314 g/mol. The van der Waals surface area contributed by atoms with Gasteiger partial charge in [-0.2, -0.15) is 0 Å². The standard InChI is InChI=1S/C20H29NO2Si/c1-17(21-16-22)15-23-24(20(2,3)4,18-11-7-5-8-12-18)19-13-9-6-10-14-19/h5-14,17,21-22H,15-16H2,1-4H3. The average Bonchev–Trinajstić information content (AvgIpc) is 2.56. The van der Waals surface area contributed by atoms with E-state index in [9.17, 15) is 0 Å². The lowest BCUT2D eigenvalue weighted by atomic mass is 10.2. The third-order valence-corrected chi connectivity index (χ3v) is 9.41. The van der Waals surface area contributed by atoms with E-state index in [-0.39, 0.29) is 17.8 Å². The van der Waals surface area contributed by atoms with Crippen molar-refractivity contribution in [3.05, 3.63) is 60.7 Å². The van der Waals surface area contributed by atoms with E-state index in [4.69, 9.17) is 9.53 Å². The quantitative estimate of drug-likeness (QED) is 0.599. The van der Waals surface area contributed by atoms with E-state index >= 15 is 0 Å². The van der Waals surface area contributed by atoms with Crippen molar-refractivity contribution in [3.63, 3.8) is 0 Å². The van der Waals surface area contributed by atoms with Crippen molar-refractivity contribution in [3.8, 4) is 0 Å². The van der Waals surface area contributed by atoms with E-state index in [1.807, 2.05) is 19.1 Å². The maximum atomic E-state index is 9.10. The van der Waals surface area contributed by atoms with Crippen molar-refractivity contribution in [1.82, 2.24) is 5.32 Å². The summed E-state index contributed by atoms with van der Waals surface area (Å²) in [5.74, 6) is 0. The van der Waals surface area contributed by atoms with Crippen LogP contribution in [-0.2, 0) is 4.43 Å². The van der Waals surface area contributed by atoms with Gasteiger partial charge in [-0.3, -0.25) is 5.32 Å². The van der Waals surface area contributed by atoms with Crippen LogP contribution in [0.4, 0.5) is 0 Å². The smallest absolute Gasteiger partial charge is 0.261 e. The topological polar surface area (TPSA) is 41.5 Å². The number of hydrogen-bond donors (Lipinski definition) is 2. The molecule has 0 amide bonds. The van der Waals surface area contributed by atoms with Crippen molar-refractivity contribution in [2.75, 3.05) is 13.3 Å². The summed E-state index contributed by atoms with van der Waals surface area (Å²) < 4.78 is 6.75. The molecule has 0 fully saturated rings. The fraction of sp³-hybridized carbons (Fsp3) is 0.400. The van der Waals surface area contributed by atoms with Crippen molar-refractivity contribution in [2.45, 2.75) is 38.8 Å². The normalized spacial score (nSPS) is 13.7. The molecule has 2 aromatic carbocycles. The first-order valence-corrected chi connectivity index (χ1v) is 10.4. The predicted molar refractivity (Wildman–Crippen MR) is 103 cm³/mol. The number of rotatable bonds is 7. The van der Waals surface area contributed by atoms with Crippen LogP contribution >= 0.6 is 0 Å². The van der Waals surface area contributed by atoms with Gasteiger partial charge in [0.05, 0.1) is 6.73 Å². The Morgan fingerprint density at radius 1 is 0.958 bits per heavy atom. The number of aliphatic hydroxyl groups excluding tert-OH is 1. The summed E-state index contributed by atoms with van der Waals surface area (Å²) in [5, 5.41) is 14.7. The molecule has 3 nitrogen and oxygen atoms in total. The van der Waals surface area contributed by atoms with E-state index in [2.05, 4.69) is 74.6 Å². The van der Waals surface area contributed by atoms with Gasteiger partial charge in [-0.1, -0.05) is 81.4 Å². The first-order chi connectivity index (χ1) is 11.4. The second-order valence-corrected chi connectivity index (χ2v) is 11.5.